The molecule has 9 heteroatoms. The molecule has 0 aromatic heterocycles. The number of aryl methyl sites for hydroxylation is 1. The van der Waals surface area contributed by atoms with Gasteiger partial charge in [0, 0.05) is 57.1 Å². The van der Waals surface area contributed by atoms with Gasteiger partial charge in [0.15, 0.2) is 0 Å². The summed E-state index contributed by atoms with van der Waals surface area (Å²) in [7, 11) is -2.75. The maximum absolute atomic E-state index is 13.3. The lowest BCUT2D eigenvalue weighted by Crippen LogP contribution is -2.52. The number of rotatable bonds is 3. The molecule has 42 heavy (non-hydrogen) atoms. The molecule has 1 fully saturated rings. The van der Waals surface area contributed by atoms with Crippen LogP contribution in [0.15, 0.2) is 36.4 Å². The number of carbonyl (C=O) groups excluding carboxylic acids is 1. The van der Waals surface area contributed by atoms with Crippen molar-refractivity contribution in [1.29, 1.82) is 0 Å². The molecule has 2 aliphatic heterocycles. The number of nitrogens with zero attached hydrogens (tertiary/aromatic N) is 1. The van der Waals surface area contributed by atoms with E-state index in [1.807, 2.05) is 18.2 Å². The zero-order valence-electron chi connectivity index (χ0n) is 24.4. The summed E-state index contributed by atoms with van der Waals surface area (Å²) in [6.07, 6.45) is 9.18. The molecule has 6 rings (SSSR count). The number of aliphatic hydroxyl groups excluding tert-OH is 1. The van der Waals surface area contributed by atoms with E-state index in [0.29, 0.717) is 42.3 Å². The lowest BCUT2D eigenvalue weighted by atomic mass is 9.67. The van der Waals surface area contributed by atoms with Crippen molar-refractivity contribution in [2.45, 2.75) is 69.2 Å². The Labute approximate surface area is 255 Å². The van der Waals surface area contributed by atoms with Crippen molar-refractivity contribution >= 4 is 38.8 Å². The Bertz CT molecular complexity index is 1420. The number of amides is 1. The average Bonchev–Trinajstić information content (AvgIpc) is 3.09. The molecule has 3 N–H and O–H groups in total. The van der Waals surface area contributed by atoms with Crippen molar-refractivity contribution in [1.82, 2.24) is 10.0 Å². The average molecular weight is 614 g/mol. The molecule has 2 aromatic carbocycles. The highest BCUT2D eigenvalue weighted by Gasteiger charge is 2.44. The molecule has 2 aromatic rings. The first-order chi connectivity index (χ1) is 20.3. The lowest BCUT2D eigenvalue weighted by Gasteiger charge is -2.47. The van der Waals surface area contributed by atoms with Crippen LogP contribution in [0.25, 0.3) is 0 Å². The van der Waals surface area contributed by atoms with Crippen LogP contribution in [0.1, 0.15) is 72.9 Å². The topological polar surface area (TPSA) is 90.9 Å². The van der Waals surface area contributed by atoms with E-state index in [1.54, 1.807) is 6.07 Å². The largest absolute Gasteiger partial charge is 0.490 e. The Hall–Kier alpha value is -2.26. The van der Waals surface area contributed by atoms with Gasteiger partial charge in [0.2, 0.25) is 0 Å². The van der Waals surface area contributed by atoms with E-state index in [1.165, 1.54) is 17.5 Å². The maximum Gasteiger partial charge on any atom is 0.262 e. The molecule has 2 heterocycles. The molecule has 228 valence electrons. The van der Waals surface area contributed by atoms with Gasteiger partial charge in [-0.25, -0.2) is 4.21 Å². The zero-order valence-corrected chi connectivity index (χ0v) is 26.0. The van der Waals surface area contributed by atoms with Crippen LogP contribution in [0.5, 0.6) is 5.75 Å². The third-order valence-corrected chi connectivity index (χ3v) is 11.8. The van der Waals surface area contributed by atoms with Crippen LogP contribution in [0.2, 0.25) is 5.02 Å². The number of benzene rings is 2. The van der Waals surface area contributed by atoms with E-state index in [9.17, 15) is 14.1 Å². The van der Waals surface area contributed by atoms with Gasteiger partial charge in [-0.05, 0) is 104 Å². The first-order valence-corrected chi connectivity index (χ1v) is 17.9. The summed E-state index contributed by atoms with van der Waals surface area (Å²) in [5, 5.41) is 14.0. The van der Waals surface area contributed by atoms with Crippen LogP contribution in [-0.2, 0) is 21.5 Å². The SMILES string of the molecule is C=S1(=O)CCCCC[C@H](NCCO)[C@@H]2CC[C@H]2CN2C[C@@]3(CCCc4cc(Cl)ccc43)COc3ccc(cc32)C(=O)N1. The van der Waals surface area contributed by atoms with Crippen LogP contribution < -0.4 is 19.7 Å². The van der Waals surface area contributed by atoms with Crippen LogP contribution in [0.4, 0.5) is 5.69 Å². The van der Waals surface area contributed by atoms with E-state index >= 15 is 0 Å². The van der Waals surface area contributed by atoms with Crippen LogP contribution >= 0.6 is 11.6 Å². The van der Waals surface area contributed by atoms with E-state index < -0.39 is 9.71 Å². The minimum absolute atomic E-state index is 0.128. The van der Waals surface area contributed by atoms with Gasteiger partial charge in [0.05, 0.1) is 18.9 Å². The zero-order chi connectivity index (χ0) is 29.3. The number of ether oxygens (including phenoxy) is 1. The predicted octanol–water partition coefficient (Wildman–Crippen LogP) is 4.73. The van der Waals surface area contributed by atoms with Gasteiger partial charge in [0.25, 0.3) is 5.91 Å². The highest BCUT2D eigenvalue weighted by atomic mass is 35.5. The molecule has 1 unspecified atom stereocenters. The van der Waals surface area contributed by atoms with Gasteiger partial charge in [-0.2, -0.15) is 0 Å². The fraction of sp³-hybridized carbons (Fsp3) is 0.576. The summed E-state index contributed by atoms with van der Waals surface area (Å²) in [5.74, 6) is 5.70. The van der Waals surface area contributed by atoms with Gasteiger partial charge in [-0.3, -0.25) is 9.52 Å². The first-order valence-electron chi connectivity index (χ1n) is 15.6. The third-order valence-electron chi connectivity index (χ3n) is 10.0. The van der Waals surface area contributed by atoms with Crippen molar-refractivity contribution < 1.29 is 18.8 Å². The second-order valence-electron chi connectivity index (χ2n) is 12.9. The Balaban J connectivity index is 1.39. The lowest BCUT2D eigenvalue weighted by molar-refractivity contribution is 0.0982. The van der Waals surface area contributed by atoms with E-state index in [4.69, 9.17) is 16.3 Å². The third kappa shape index (κ3) is 6.19. The van der Waals surface area contributed by atoms with Crippen LogP contribution in [0.3, 0.4) is 0 Å². The summed E-state index contributed by atoms with van der Waals surface area (Å²) in [5.41, 5.74) is 3.84. The number of aliphatic hydroxyl groups is 1. The Kier molecular flexibility index (Phi) is 8.79. The molecule has 0 saturated heterocycles. The number of halogens is 1. The summed E-state index contributed by atoms with van der Waals surface area (Å²) in [6, 6.07) is 12.2. The van der Waals surface area contributed by atoms with E-state index in [2.05, 4.69) is 32.9 Å². The molecule has 7 nitrogen and oxygen atoms in total. The van der Waals surface area contributed by atoms with Crippen LogP contribution in [0, 0.1) is 11.8 Å². The monoisotopic (exact) mass is 613 g/mol. The smallest absolute Gasteiger partial charge is 0.262 e. The van der Waals surface area contributed by atoms with E-state index in [0.717, 1.165) is 80.9 Å². The van der Waals surface area contributed by atoms with Crippen molar-refractivity contribution in [3.8, 4) is 5.75 Å². The van der Waals surface area contributed by atoms with Crippen molar-refractivity contribution in [3.05, 3.63) is 58.1 Å². The fourth-order valence-corrected chi connectivity index (χ4v) is 9.19. The molecule has 2 aliphatic carbocycles. The number of anilines is 1. The number of nitrogens with one attached hydrogen (secondary N) is 2. The Morgan fingerprint density at radius 3 is 2.83 bits per heavy atom. The van der Waals surface area contributed by atoms with Gasteiger partial charge in [-0.15, -0.1) is 0 Å². The Morgan fingerprint density at radius 2 is 2.02 bits per heavy atom. The van der Waals surface area contributed by atoms with Crippen LogP contribution in [-0.4, -0.2) is 65.7 Å². The van der Waals surface area contributed by atoms with Crippen molar-refractivity contribution in [3.63, 3.8) is 0 Å². The summed E-state index contributed by atoms with van der Waals surface area (Å²) in [6.45, 7) is 2.96. The molecule has 4 aliphatic rings. The quantitative estimate of drug-likeness (QED) is 0.434. The highest BCUT2D eigenvalue weighted by Crippen LogP contribution is 2.47. The molecule has 1 saturated carbocycles. The highest BCUT2D eigenvalue weighted by molar-refractivity contribution is 7.99. The molecule has 0 radical (unpaired) electrons. The molecule has 5 atom stereocenters. The second kappa shape index (κ2) is 12.4. The van der Waals surface area contributed by atoms with Gasteiger partial charge in [0.1, 0.15) is 5.75 Å². The van der Waals surface area contributed by atoms with Gasteiger partial charge >= 0.3 is 0 Å². The summed E-state index contributed by atoms with van der Waals surface area (Å²) in [4.78, 5) is 15.8. The van der Waals surface area contributed by atoms with Gasteiger partial charge in [-0.1, -0.05) is 30.5 Å². The van der Waals surface area contributed by atoms with Gasteiger partial charge < -0.3 is 20.1 Å². The minimum Gasteiger partial charge on any atom is -0.490 e. The van der Waals surface area contributed by atoms with Crippen molar-refractivity contribution in [2.24, 2.45) is 11.8 Å². The fourth-order valence-electron chi connectivity index (χ4n) is 7.76. The summed E-state index contributed by atoms with van der Waals surface area (Å²) >= 11 is 6.42. The maximum atomic E-state index is 13.3. The van der Waals surface area contributed by atoms with Crippen molar-refractivity contribution in [2.75, 3.05) is 43.5 Å². The summed E-state index contributed by atoms with van der Waals surface area (Å²) < 4.78 is 22.5. The predicted molar refractivity (Wildman–Crippen MR) is 171 cm³/mol. The number of carbonyl (C=O) groups is 1. The first kappa shape index (κ1) is 29.8. The standard InChI is InChI=1S/C33H44ClN3O4S/c1-42(40)17-4-2-3-7-29(35-15-16-38)27-11-8-25(27)20-37-21-33(14-5-6-23-18-26(34)10-12-28(23)33)22-41-31-13-9-24(19-30(31)37)32(39)36-42/h9-10,12-13,18-19,25,27,29,35,38H,1-8,11,14-17,20-22H2,(H,36,39,40)/t25-,27+,29-,33-,42?/m0/s1. The minimum atomic E-state index is -2.75. The molecule has 2 bridgehead atoms. The molecular weight excluding hydrogens is 570 g/mol. The second-order valence-corrected chi connectivity index (χ2v) is 15.5. The molecule has 1 amide bonds. The van der Waals surface area contributed by atoms with E-state index in [-0.39, 0.29) is 17.9 Å². The number of hydrogen-bond donors (Lipinski definition) is 3. The Morgan fingerprint density at radius 1 is 1.14 bits per heavy atom. The normalized spacial score (nSPS) is 31.6. The molecule has 1 spiro atoms. The number of fused-ring (bicyclic) bond motifs is 4. The number of hydrogen-bond acceptors (Lipinski definition) is 6. The molecular formula is C33H44ClN3O4S.